The first kappa shape index (κ1) is 22.0. The molecule has 1 aliphatic heterocycles. The van der Waals surface area contributed by atoms with Crippen molar-refractivity contribution in [3.63, 3.8) is 0 Å². The molecule has 0 aliphatic carbocycles. The van der Waals surface area contributed by atoms with Gasteiger partial charge in [-0.1, -0.05) is 12.1 Å². The van der Waals surface area contributed by atoms with Gasteiger partial charge in [-0.2, -0.15) is 0 Å². The first-order valence-corrected chi connectivity index (χ1v) is 8.79. The molecule has 1 aliphatic rings. The fourth-order valence-electron chi connectivity index (χ4n) is 2.12. The number of amides is 2. The van der Waals surface area contributed by atoms with Crippen molar-refractivity contribution in [2.75, 3.05) is 26.4 Å². The van der Waals surface area contributed by atoms with Crippen LogP contribution >= 0.6 is 0 Å². The summed E-state index contributed by atoms with van der Waals surface area (Å²) >= 11 is 0. The van der Waals surface area contributed by atoms with Crippen LogP contribution in [-0.4, -0.2) is 66.3 Å². The molecule has 1 atom stereocenters. The number of hydrogen-bond acceptors (Lipinski definition) is 6. The highest BCUT2D eigenvalue weighted by Crippen LogP contribution is 2.15. The molecular weight excluding hydrogens is 340 g/mol. The molecule has 0 spiro atoms. The number of carbonyl (C=O) groups excluding carboxylic acids is 2. The Labute approximate surface area is 155 Å². The van der Waals surface area contributed by atoms with Gasteiger partial charge in [0.1, 0.15) is 11.6 Å². The molecule has 0 radical (unpaired) electrons. The number of morpholine rings is 1. The molecular formula is C17H32N4O5. The molecule has 9 nitrogen and oxygen atoms in total. The van der Waals surface area contributed by atoms with E-state index in [1.807, 2.05) is 20.8 Å². The number of ether oxygens (including phenoxy) is 2. The monoisotopic (exact) mass is 372 g/mol. The average molecular weight is 372 g/mol. The molecule has 2 amide bonds. The number of nitrogens with two attached hydrogens (primary N) is 1. The molecule has 0 aromatic carbocycles. The summed E-state index contributed by atoms with van der Waals surface area (Å²) in [5.74, 6) is -0.240. The number of hydrogen-bond donors (Lipinski definition) is 2. The first-order chi connectivity index (χ1) is 11.9. The summed E-state index contributed by atoms with van der Waals surface area (Å²) in [6, 6.07) is -0.603. The van der Waals surface area contributed by atoms with Crippen molar-refractivity contribution in [1.82, 2.24) is 10.2 Å². The minimum Gasteiger partial charge on any atom is -0.444 e. The van der Waals surface area contributed by atoms with Gasteiger partial charge in [0.05, 0.1) is 13.2 Å². The lowest BCUT2D eigenvalue weighted by Crippen LogP contribution is -2.55. The lowest BCUT2D eigenvalue weighted by Gasteiger charge is -2.35. The second kappa shape index (κ2) is 9.07. The Balaban J connectivity index is 2.64. The molecule has 150 valence electrons. The quantitative estimate of drug-likeness (QED) is 0.411. The number of oxime groups is 1. The summed E-state index contributed by atoms with van der Waals surface area (Å²) in [4.78, 5) is 30.7. The third-order valence-corrected chi connectivity index (χ3v) is 3.83. The summed E-state index contributed by atoms with van der Waals surface area (Å²) in [5.41, 5.74) is 5.01. The van der Waals surface area contributed by atoms with Crippen molar-refractivity contribution in [2.24, 2.45) is 10.9 Å². The Bertz CT molecular complexity index is 528. The summed E-state index contributed by atoms with van der Waals surface area (Å²) < 4.78 is 10.8. The van der Waals surface area contributed by atoms with Crippen LogP contribution in [0.25, 0.3) is 0 Å². The predicted octanol–water partition coefficient (Wildman–Crippen LogP) is 1.22. The molecule has 0 aromatic rings. The summed E-state index contributed by atoms with van der Waals surface area (Å²) in [7, 11) is 0. The van der Waals surface area contributed by atoms with Gasteiger partial charge in [0.25, 0.3) is 5.91 Å². The van der Waals surface area contributed by atoms with Gasteiger partial charge in [-0.3, -0.25) is 9.69 Å². The smallest absolute Gasteiger partial charge is 0.411 e. The maximum Gasteiger partial charge on any atom is 0.411 e. The zero-order chi connectivity index (χ0) is 20.0. The van der Waals surface area contributed by atoms with Crippen molar-refractivity contribution in [3.8, 4) is 0 Å². The minimum absolute atomic E-state index is 0.0538. The lowest BCUT2D eigenvalue weighted by molar-refractivity contribution is -0.127. The molecule has 0 aromatic heterocycles. The van der Waals surface area contributed by atoms with Crippen molar-refractivity contribution in [1.29, 1.82) is 0 Å². The van der Waals surface area contributed by atoms with Crippen LogP contribution in [0.3, 0.4) is 0 Å². The van der Waals surface area contributed by atoms with Crippen molar-refractivity contribution in [3.05, 3.63) is 0 Å². The normalized spacial score (nSPS) is 19.1. The molecule has 0 saturated carbocycles. The number of carbonyl (C=O) groups is 2. The number of nitrogens with one attached hydrogen (secondary N) is 1. The van der Waals surface area contributed by atoms with Crippen LogP contribution in [0.2, 0.25) is 0 Å². The van der Waals surface area contributed by atoms with Crippen LogP contribution < -0.4 is 11.1 Å². The Morgan fingerprint density at radius 3 is 2.54 bits per heavy atom. The average Bonchev–Trinajstić information content (AvgIpc) is 2.52. The Morgan fingerprint density at radius 2 is 1.96 bits per heavy atom. The van der Waals surface area contributed by atoms with Crippen LogP contribution in [0, 0.1) is 0 Å². The first-order valence-electron chi connectivity index (χ1n) is 8.79. The number of amidine groups is 1. The standard InChI is InChI=1S/C17H32N4O5/c1-7-17(5,6)19-13(22)11-25-20-14(18)12-10-24-9-8-21(12)15(23)26-16(2,3)4/h12H,7-11H2,1-6H3,(H2,18,20)(H,19,22). The van der Waals surface area contributed by atoms with Gasteiger partial charge in [-0.05, 0) is 41.0 Å². The van der Waals surface area contributed by atoms with E-state index in [9.17, 15) is 9.59 Å². The maximum atomic E-state index is 12.3. The van der Waals surface area contributed by atoms with Gasteiger partial charge in [0.2, 0.25) is 0 Å². The van der Waals surface area contributed by atoms with Crippen LogP contribution in [0.4, 0.5) is 4.79 Å². The van der Waals surface area contributed by atoms with Gasteiger partial charge in [0.15, 0.2) is 12.4 Å². The third kappa shape index (κ3) is 7.47. The van der Waals surface area contributed by atoms with Gasteiger partial charge in [-0.15, -0.1) is 0 Å². The van der Waals surface area contributed by atoms with E-state index in [1.54, 1.807) is 20.8 Å². The highest BCUT2D eigenvalue weighted by atomic mass is 16.6. The molecule has 0 bridgehead atoms. The van der Waals surface area contributed by atoms with E-state index in [1.165, 1.54) is 4.90 Å². The zero-order valence-corrected chi connectivity index (χ0v) is 16.6. The molecule has 3 N–H and O–H groups in total. The zero-order valence-electron chi connectivity index (χ0n) is 16.6. The van der Waals surface area contributed by atoms with Crippen molar-refractivity contribution < 1.29 is 23.9 Å². The summed E-state index contributed by atoms with van der Waals surface area (Å²) in [5, 5.41) is 6.61. The fourth-order valence-corrected chi connectivity index (χ4v) is 2.12. The van der Waals surface area contributed by atoms with E-state index in [0.29, 0.717) is 13.2 Å². The number of rotatable bonds is 6. The van der Waals surface area contributed by atoms with Crippen LogP contribution in [0.5, 0.6) is 0 Å². The highest BCUT2D eigenvalue weighted by Gasteiger charge is 2.33. The highest BCUT2D eigenvalue weighted by molar-refractivity contribution is 5.89. The molecule has 1 saturated heterocycles. The van der Waals surface area contributed by atoms with Gasteiger partial charge in [0, 0.05) is 12.1 Å². The topological polar surface area (TPSA) is 115 Å². The van der Waals surface area contributed by atoms with Gasteiger partial charge in [-0.25, -0.2) is 4.79 Å². The Morgan fingerprint density at radius 1 is 1.31 bits per heavy atom. The molecule has 1 rings (SSSR count). The van der Waals surface area contributed by atoms with E-state index in [4.69, 9.17) is 20.0 Å². The van der Waals surface area contributed by atoms with Crippen LogP contribution in [-0.2, 0) is 19.1 Å². The van der Waals surface area contributed by atoms with E-state index in [2.05, 4.69) is 10.5 Å². The second-order valence-electron chi connectivity index (χ2n) is 7.84. The van der Waals surface area contributed by atoms with Crippen LogP contribution in [0.1, 0.15) is 48.0 Å². The number of nitrogens with zero attached hydrogens (tertiary/aromatic N) is 2. The van der Waals surface area contributed by atoms with Crippen LogP contribution in [0.15, 0.2) is 5.16 Å². The van der Waals surface area contributed by atoms with E-state index in [-0.39, 0.29) is 30.5 Å². The fraction of sp³-hybridized carbons (Fsp3) is 0.824. The van der Waals surface area contributed by atoms with Crippen molar-refractivity contribution in [2.45, 2.75) is 65.1 Å². The van der Waals surface area contributed by atoms with E-state index < -0.39 is 17.7 Å². The summed E-state index contributed by atoms with van der Waals surface area (Å²) in [6.45, 7) is 11.8. The molecule has 1 unspecified atom stereocenters. The second-order valence-corrected chi connectivity index (χ2v) is 7.84. The molecule has 9 heteroatoms. The molecule has 1 heterocycles. The maximum absolute atomic E-state index is 12.3. The largest absolute Gasteiger partial charge is 0.444 e. The van der Waals surface area contributed by atoms with Gasteiger partial charge >= 0.3 is 6.09 Å². The van der Waals surface area contributed by atoms with E-state index >= 15 is 0 Å². The molecule has 1 fully saturated rings. The predicted molar refractivity (Wildman–Crippen MR) is 97.6 cm³/mol. The Hall–Kier alpha value is -2.03. The summed E-state index contributed by atoms with van der Waals surface area (Å²) in [6.07, 6.45) is 0.292. The third-order valence-electron chi connectivity index (χ3n) is 3.83. The van der Waals surface area contributed by atoms with Crippen molar-refractivity contribution >= 4 is 17.8 Å². The Kier molecular flexibility index (Phi) is 7.68. The minimum atomic E-state index is -0.619. The van der Waals surface area contributed by atoms with Gasteiger partial charge < -0.3 is 25.4 Å². The SMILES string of the molecule is CCC(C)(C)NC(=O)CO/N=C(\N)C1COCCN1C(=O)OC(C)(C)C. The molecule has 26 heavy (non-hydrogen) atoms. The lowest BCUT2D eigenvalue weighted by atomic mass is 10.0. The van der Waals surface area contributed by atoms with E-state index in [0.717, 1.165) is 6.42 Å².